The molecule has 92 valence electrons. The Bertz CT molecular complexity index is 690. The van der Waals surface area contributed by atoms with Crippen molar-refractivity contribution in [2.45, 2.75) is 32.1 Å². The average Bonchev–Trinajstić information content (AvgIpc) is 3.08. The van der Waals surface area contributed by atoms with Crippen molar-refractivity contribution in [1.82, 2.24) is 24.6 Å². The van der Waals surface area contributed by atoms with Gasteiger partial charge in [0.15, 0.2) is 11.3 Å². The van der Waals surface area contributed by atoms with E-state index in [0.717, 1.165) is 35.0 Å². The molecule has 5 nitrogen and oxygen atoms in total. The van der Waals surface area contributed by atoms with Gasteiger partial charge >= 0.3 is 0 Å². The van der Waals surface area contributed by atoms with Crippen molar-refractivity contribution in [3.63, 3.8) is 0 Å². The molecule has 0 atom stereocenters. The third kappa shape index (κ3) is 1.43. The molecule has 1 fully saturated rings. The van der Waals surface area contributed by atoms with Crippen LogP contribution in [0.4, 0.5) is 0 Å². The Hall–Kier alpha value is -1.91. The largest absolute Gasteiger partial charge is 0.345 e. The van der Waals surface area contributed by atoms with Crippen molar-refractivity contribution in [3.05, 3.63) is 24.3 Å². The molecular formula is C13H15N5. The zero-order chi connectivity index (χ0) is 11.9. The van der Waals surface area contributed by atoms with Gasteiger partial charge in [-0.2, -0.15) is 0 Å². The maximum absolute atomic E-state index is 4.35. The molecule has 0 bridgehead atoms. The van der Waals surface area contributed by atoms with Gasteiger partial charge in [0.2, 0.25) is 0 Å². The highest BCUT2D eigenvalue weighted by atomic mass is 15.3. The normalized spacial score (nSPS) is 17.1. The van der Waals surface area contributed by atoms with Crippen molar-refractivity contribution < 1.29 is 0 Å². The van der Waals surface area contributed by atoms with E-state index < -0.39 is 0 Å². The predicted molar refractivity (Wildman–Crippen MR) is 68.3 cm³/mol. The number of nitrogens with one attached hydrogen (secondary N) is 1. The van der Waals surface area contributed by atoms with Crippen molar-refractivity contribution in [2.75, 3.05) is 0 Å². The Balaban J connectivity index is 1.86. The van der Waals surface area contributed by atoms with Crippen LogP contribution in [0, 0.1) is 5.92 Å². The van der Waals surface area contributed by atoms with E-state index in [1.807, 2.05) is 12.3 Å². The molecule has 5 heteroatoms. The van der Waals surface area contributed by atoms with Crippen LogP contribution in [0.15, 0.2) is 18.5 Å². The highest BCUT2D eigenvalue weighted by Gasteiger charge is 2.19. The number of aromatic amines is 1. The lowest BCUT2D eigenvalue weighted by molar-refractivity contribution is 0.529. The summed E-state index contributed by atoms with van der Waals surface area (Å²) in [7, 11) is 0. The van der Waals surface area contributed by atoms with E-state index in [-0.39, 0.29) is 0 Å². The van der Waals surface area contributed by atoms with Crippen molar-refractivity contribution in [2.24, 2.45) is 5.92 Å². The van der Waals surface area contributed by atoms with Crippen molar-refractivity contribution >= 4 is 16.8 Å². The molecule has 0 unspecified atom stereocenters. The van der Waals surface area contributed by atoms with Gasteiger partial charge < -0.3 is 4.98 Å². The summed E-state index contributed by atoms with van der Waals surface area (Å²) in [6.45, 7) is 0. The van der Waals surface area contributed by atoms with Crippen LogP contribution in [0.2, 0.25) is 0 Å². The molecule has 0 aromatic carbocycles. The van der Waals surface area contributed by atoms with E-state index in [2.05, 4.69) is 24.6 Å². The fraction of sp³-hybridized carbons (Fsp3) is 0.462. The number of rotatable bonds is 2. The Labute approximate surface area is 104 Å². The Morgan fingerprint density at radius 1 is 1.28 bits per heavy atom. The molecule has 0 radical (unpaired) electrons. The van der Waals surface area contributed by atoms with Gasteiger partial charge in [-0.25, -0.2) is 4.98 Å². The van der Waals surface area contributed by atoms with Gasteiger partial charge in [-0.05, 0) is 12.0 Å². The second kappa shape index (κ2) is 3.80. The summed E-state index contributed by atoms with van der Waals surface area (Å²) in [5.74, 6) is 1.85. The molecule has 1 aliphatic rings. The lowest BCUT2D eigenvalue weighted by atomic mass is 10.0. The Morgan fingerprint density at radius 3 is 3.06 bits per heavy atom. The number of nitrogens with zero attached hydrogens (tertiary/aromatic N) is 4. The number of aromatic nitrogens is 5. The van der Waals surface area contributed by atoms with E-state index in [9.17, 15) is 0 Å². The zero-order valence-corrected chi connectivity index (χ0v) is 10.1. The van der Waals surface area contributed by atoms with Crippen molar-refractivity contribution in [3.8, 4) is 0 Å². The Kier molecular flexibility index (Phi) is 2.12. The van der Waals surface area contributed by atoms with Gasteiger partial charge in [0.1, 0.15) is 5.82 Å². The van der Waals surface area contributed by atoms with Crippen LogP contribution in [-0.2, 0) is 6.42 Å². The van der Waals surface area contributed by atoms with E-state index in [1.54, 1.807) is 6.20 Å². The first-order valence-corrected chi connectivity index (χ1v) is 6.58. The summed E-state index contributed by atoms with van der Waals surface area (Å²) in [6.07, 6.45) is 10.1. The van der Waals surface area contributed by atoms with E-state index in [4.69, 9.17) is 0 Å². The summed E-state index contributed by atoms with van der Waals surface area (Å²) < 4.78 is 2.14. The molecule has 0 amide bonds. The molecule has 1 saturated carbocycles. The molecule has 0 spiro atoms. The van der Waals surface area contributed by atoms with Crippen molar-refractivity contribution in [1.29, 1.82) is 0 Å². The molecule has 0 saturated heterocycles. The molecule has 3 aromatic rings. The predicted octanol–water partition coefficient (Wildman–Crippen LogP) is 2.34. The minimum atomic E-state index is 0.777. The lowest BCUT2D eigenvalue weighted by Gasteiger charge is -2.07. The second-order valence-corrected chi connectivity index (χ2v) is 5.13. The first-order valence-electron chi connectivity index (χ1n) is 6.58. The average molecular weight is 241 g/mol. The highest BCUT2D eigenvalue weighted by molar-refractivity contribution is 5.74. The van der Waals surface area contributed by atoms with Crippen LogP contribution in [-0.4, -0.2) is 24.6 Å². The van der Waals surface area contributed by atoms with Crippen LogP contribution >= 0.6 is 0 Å². The maximum atomic E-state index is 4.35. The standard InChI is InChI=1S/C13H15N5/c1-2-4-9(3-1)7-11-16-17-12-8-15-13-10(18(11)12)5-6-14-13/h5-6,8-9,14H,1-4,7H2. The van der Waals surface area contributed by atoms with Crippen LogP contribution in [0.3, 0.4) is 0 Å². The molecule has 18 heavy (non-hydrogen) atoms. The minimum Gasteiger partial charge on any atom is -0.345 e. The summed E-state index contributed by atoms with van der Waals surface area (Å²) in [5.41, 5.74) is 2.82. The summed E-state index contributed by atoms with van der Waals surface area (Å²) in [6, 6.07) is 2.04. The van der Waals surface area contributed by atoms with E-state index in [0.29, 0.717) is 0 Å². The Morgan fingerprint density at radius 2 is 2.17 bits per heavy atom. The minimum absolute atomic E-state index is 0.777. The molecular weight excluding hydrogens is 226 g/mol. The van der Waals surface area contributed by atoms with Crippen LogP contribution in [0.25, 0.3) is 16.8 Å². The fourth-order valence-corrected chi connectivity index (χ4v) is 3.04. The van der Waals surface area contributed by atoms with E-state index >= 15 is 0 Å². The van der Waals surface area contributed by atoms with Gasteiger partial charge in [0, 0.05) is 12.6 Å². The van der Waals surface area contributed by atoms with Crippen LogP contribution < -0.4 is 0 Å². The number of hydrogen-bond acceptors (Lipinski definition) is 3. The number of H-pyrrole nitrogens is 1. The van der Waals surface area contributed by atoms with Gasteiger partial charge in [0.05, 0.1) is 11.7 Å². The molecule has 3 aromatic heterocycles. The molecule has 1 N–H and O–H groups in total. The SMILES string of the molecule is c1cc2c(ncc3nnc(CC4CCCC4)n32)[nH]1. The smallest absolute Gasteiger partial charge is 0.179 e. The third-order valence-corrected chi connectivity index (χ3v) is 3.95. The molecule has 1 aliphatic carbocycles. The van der Waals surface area contributed by atoms with Gasteiger partial charge in [-0.3, -0.25) is 4.40 Å². The van der Waals surface area contributed by atoms with Gasteiger partial charge in [-0.15, -0.1) is 10.2 Å². The van der Waals surface area contributed by atoms with Crippen LogP contribution in [0.1, 0.15) is 31.5 Å². The lowest BCUT2D eigenvalue weighted by Crippen LogP contribution is -2.04. The monoisotopic (exact) mass is 241 g/mol. The van der Waals surface area contributed by atoms with E-state index in [1.165, 1.54) is 25.7 Å². The fourth-order valence-electron chi connectivity index (χ4n) is 3.04. The molecule has 4 rings (SSSR count). The summed E-state index contributed by atoms with van der Waals surface area (Å²) in [4.78, 5) is 7.47. The topological polar surface area (TPSA) is 58.9 Å². The third-order valence-electron chi connectivity index (χ3n) is 3.95. The maximum Gasteiger partial charge on any atom is 0.179 e. The zero-order valence-electron chi connectivity index (χ0n) is 10.1. The second-order valence-electron chi connectivity index (χ2n) is 5.13. The van der Waals surface area contributed by atoms with Crippen LogP contribution in [0.5, 0.6) is 0 Å². The van der Waals surface area contributed by atoms with Gasteiger partial charge in [-0.1, -0.05) is 25.7 Å². The summed E-state index contributed by atoms with van der Waals surface area (Å²) >= 11 is 0. The molecule has 3 heterocycles. The number of fused-ring (bicyclic) bond motifs is 3. The quantitative estimate of drug-likeness (QED) is 0.749. The first-order chi connectivity index (χ1) is 8.92. The highest BCUT2D eigenvalue weighted by Crippen LogP contribution is 2.28. The summed E-state index contributed by atoms with van der Waals surface area (Å²) in [5, 5.41) is 8.57. The van der Waals surface area contributed by atoms with Gasteiger partial charge in [0.25, 0.3) is 0 Å². The first kappa shape index (κ1) is 10.1. The molecule has 0 aliphatic heterocycles. The number of hydrogen-bond donors (Lipinski definition) is 1.